The van der Waals surface area contributed by atoms with Crippen LogP contribution in [-0.4, -0.2) is 17.7 Å². The minimum Gasteiger partial charge on any atom is -0.478 e. The minimum atomic E-state index is -1.00. The number of halogens is 1. The van der Waals surface area contributed by atoms with Gasteiger partial charge in [0, 0.05) is 0 Å². The van der Waals surface area contributed by atoms with E-state index < -0.39 is 5.97 Å². The predicted molar refractivity (Wildman–Crippen MR) is 56.2 cm³/mol. The third-order valence-electron chi connectivity index (χ3n) is 2.52. The maximum Gasteiger partial charge on any atom is 0.336 e. The molecule has 0 fully saturated rings. The molecule has 0 unspecified atom stereocenters. The Bertz CT molecular complexity index is 431. The van der Waals surface area contributed by atoms with Gasteiger partial charge in [-0.05, 0) is 23.6 Å². The first-order valence-corrected chi connectivity index (χ1v) is 4.90. The predicted octanol–water partition coefficient (Wildman–Crippen LogP) is 1.69. The zero-order valence-corrected chi connectivity index (χ0v) is 8.67. The van der Waals surface area contributed by atoms with E-state index >= 15 is 0 Å². The van der Waals surface area contributed by atoms with Gasteiger partial charge in [0.05, 0.1) is 29.5 Å². The molecule has 4 nitrogen and oxygen atoms in total. The Kier molecular flexibility index (Phi) is 2.54. The van der Waals surface area contributed by atoms with E-state index in [4.69, 9.17) is 27.2 Å². The fourth-order valence-corrected chi connectivity index (χ4v) is 1.97. The highest BCUT2D eigenvalue weighted by Gasteiger charge is 2.21. The van der Waals surface area contributed by atoms with E-state index in [9.17, 15) is 4.79 Å². The SMILES string of the molecule is Nc1c(Cl)cc(C(=O)O)c2c1CCOC2. The monoisotopic (exact) mass is 227 g/mol. The molecule has 0 radical (unpaired) electrons. The molecule has 0 amide bonds. The second-order valence-corrected chi connectivity index (χ2v) is 3.79. The molecule has 1 heterocycles. The lowest BCUT2D eigenvalue weighted by Crippen LogP contribution is -2.17. The highest BCUT2D eigenvalue weighted by atomic mass is 35.5. The number of rotatable bonds is 1. The van der Waals surface area contributed by atoms with Crippen LogP contribution in [0.4, 0.5) is 5.69 Å². The Labute approximate surface area is 91.6 Å². The fourth-order valence-electron chi connectivity index (χ4n) is 1.75. The number of hydrogen-bond acceptors (Lipinski definition) is 3. The molecule has 5 heteroatoms. The summed E-state index contributed by atoms with van der Waals surface area (Å²) in [5.74, 6) is -1.00. The molecule has 0 atom stereocenters. The molecule has 0 aliphatic carbocycles. The third kappa shape index (κ3) is 1.66. The summed E-state index contributed by atoms with van der Waals surface area (Å²) in [4.78, 5) is 11.0. The first kappa shape index (κ1) is 10.3. The van der Waals surface area contributed by atoms with Gasteiger partial charge in [-0.3, -0.25) is 0 Å². The standard InChI is InChI=1S/C10H10ClNO3/c11-8-3-6(10(13)14)7-4-15-2-1-5(7)9(8)12/h3H,1-2,4,12H2,(H,13,14). The molecule has 1 aliphatic rings. The molecule has 0 bridgehead atoms. The lowest BCUT2D eigenvalue weighted by atomic mass is 9.96. The van der Waals surface area contributed by atoms with Crippen LogP contribution in [0.1, 0.15) is 21.5 Å². The summed E-state index contributed by atoms with van der Waals surface area (Å²) in [6.07, 6.45) is 0.613. The molecule has 0 spiro atoms. The number of carbonyl (C=O) groups is 1. The van der Waals surface area contributed by atoms with Crippen molar-refractivity contribution in [2.24, 2.45) is 0 Å². The molecule has 15 heavy (non-hydrogen) atoms. The van der Waals surface area contributed by atoms with Gasteiger partial charge in [-0.25, -0.2) is 4.79 Å². The molecule has 0 aromatic heterocycles. The first-order valence-electron chi connectivity index (χ1n) is 4.52. The van der Waals surface area contributed by atoms with Gasteiger partial charge < -0.3 is 15.6 Å². The van der Waals surface area contributed by atoms with Gasteiger partial charge in [-0.15, -0.1) is 0 Å². The van der Waals surface area contributed by atoms with Gasteiger partial charge in [0.25, 0.3) is 0 Å². The number of benzene rings is 1. The zero-order chi connectivity index (χ0) is 11.0. The summed E-state index contributed by atoms with van der Waals surface area (Å²) in [6, 6.07) is 1.38. The van der Waals surface area contributed by atoms with Crippen LogP contribution in [0.3, 0.4) is 0 Å². The molecule has 0 saturated heterocycles. The normalized spacial score (nSPS) is 14.7. The van der Waals surface area contributed by atoms with E-state index in [-0.39, 0.29) is 5.56 Å². The van der Waals surface area contributed by atoms with E-state index in [0.29, 0.717) is 35.9 Å². The van der Waals surface area contributed by atoms with Crippen molar-refractivity contribution < 1.29 is 14.6 Å². The number of nitrogens with two attached hydrogens (primary N) is 1. The smallest absolute Gasteiger partial charge is 0.336 e. The Balaban J connectivity index is 2.67. The third-order valence-corrected chi connectivity index (χ3v) is 2.83. The average Bonchev–Trinajstić information content (AvgIpc) is 2.23. The molecule has 2 rings (SSSR count). The van der Waals surface area contributed by atoms with Crippen molar-refractivity contribution in [3.05, 3.63) is 27.8 Å². The van der Waals surface area contributed by atoms with Crippen molar-refractivity contribution in [2.45, 2.75) is 13.0 Å². The van der Waals surface area contributed by atoms with E-state index in [1.807, 2.05) is 0 Å². The summed E-state index contributed by atoms with van der Waals surface area (Å²) < 4.78 is 5.22. The van der Waals surface area contributed by atoms with Crippen LogP contribution in [0, 0.1) is 0 Å². The number of hydrogen-bond donors (Lipinski definition) is 2. The van der Waals surface area contributed by atoms with E-state index in [1.165, 1.54) is 6.07 Å². The number of aromatic carboxylic acids is 1. The summed E-state index contributed by atoms with van der Waals surface area (Å²) in [6.45, 7) is 0.842. The fraction of sp³-hybridized carbons (Fsp3) is 0.300. The highest BCUT2D eigenvalue weighted by molar-refractivity contribution is 6.33. The van der Waals surface area contributed by atoms with Crippen LogP contribution in [0.15, 0.2) is 6.07 Å². The number of ether oxygens (including phenoxy) is 1. The Morgan fingerprint density at radius 2 is 2.27 bits per heavy atom. The molecule has 1 aromatic carbocycles. The quantitative estimate of drug-likeness (QED) is 0.717. The maximum atomic E-state index is 11.0. The van der Waals surface area contributed by atoms with Crippen LogP contribution in [-0.2, 0) is 17.8 Å². The lowest BCUT2D eigenvalue weighted by Gasteiger charge is -2.21. The van der Waals surface area contributed by atoms with E-state index in [2.05, 4.69) is 0 Å². The summed E-state index contributed by atoms with van der Waals surface area (Å²) in [5, 5.41) is 9.30. The van der Waals surface area contributed by atoms with Crippen molar-refractivity contribution in [1.82, 2.24) is 0 Å². The number of fused-ring (bicyclic) bond motifs is 1. The number of anilines is 1. The van der Waals surface area contributed by atoms with Crippen molar-refractivity contribution in [3.63, 3.8) is 0 Å². The molecular formula is C10H10ClNO3. The Morgan fingerprint density at radius 1 is 1.53 bits per heavy atom. The molecule has 1 aliphatic heterocycles. The minimum absolute atomic E-state index is 0.184. The second kappa shape index (κ2) is 3.72. The van der Waals surface area contributed by atoms with Crippen LogP contribution in [0.5, 0.6) is 0 Å². The second-order valence-electron chi connectivity index (χ2n) is 3.38. The van der Waals surface area contributed by atoms with E-state index in [0.717, 1.165) is 5.56 Å². The van der Waals surface area contributed by atoms with Gasteiger partial charge in [0.15, 0.2) is 0 Å². The van der Waals surface area contributed by atoms with Crippen LogP contribution >= 0.6 is 11.6 Å². The highest BCUT2D eigenvalue weighted by Crippen LogP contribution is 2.32. The van der Waals surface area contributed by atoms with Gasteiger partial charge in [0.1, 0.15) is 0 Å². The average molecular weight is 228 g/mol. The lowest BCUT2D eigenvalue weighted by molar-refractivity contribution is 0.0682. The summed E-state index contributed by atoms with van der Waals surface area (Å²) in [7, 11) is 0. The van der Waals surface area contributed by atoms with Gasteiger partial charge >= 0.3 is 5.97 Å². The molecule has 3 N–H and O–H groups in total. The maximum absolute atomic E-state index is 11.0. The molecule has 80 valence electrons. The van der Waals surface area contributed by atoms with Crippen molar-refractivity contribution >= 4 is 23.3 Å². The topological polar surface area (TPSA) is 72.6 Å². The number of carboxylic acid groups (broad SMARTS) is 1. The first-order chi connectivity index (χ1) is 7.11. The summed E-state index contributed by atoms with van der Waals surface area (Å²) in [5.41, 5.74) is 7.91. The molecular weight excluding hydrogens is 218 g/mol. The van der Waals surface area contributed by atoms with Crippen molar-refractivity contribution in [3.8, 4) is 0 Å². The van der Waals surface area contributed by atoms with Crippen LogP contribution in [0.2, 0.25) is 5.02 Å². The number of nitrogen functional groups attached to an aromatic ring is 1. The van der Waals surface area contributed by atoms with Crippen molar-refractivity contribution in [2.75, 3.05) is 12.3 Å². The van der Waals surface area contributed by atoms with Crippen LogP contribution in [0.25, 0.3) is 0 Å². The number of carboxylic acids is 1. The molecule has 0 saturated carbocycles. The molecule has 1 aromatic rings. The Morgan fingerprint density at radius 3 is 2.93 bits per heavy atom. The van der Waals surface area contributed by atoms with E-state index in [1.54, 1.807) is 0 Å². The van der Waals surface area contributed by atoms with Gasteiger partial charge in [-0.1, -0.05) is 11.6 Å². The van der Waals surface area contributed by atoms with Gasteiger partial charge in [0.2, 0.25) is 0 Å². The Hall–Kier alpha value is -1.26. The largest absolute Gasteiger partial charge is 0.478 e. The van der Waals surface area contributed by atoms with Gasteiger partial charge in [-0.2, -0.15) is 0 Å². The zero-order valence-electron chi connectivity index (χ0n) is 7.92. The summed E-state index contributed by atoms with van der Waals surface area (Å²) >= 11 is 5.87. The van der Waals surface area contributed by atoms with Crippen LogP contribution < -0.4 is 5.73 Å². The van der Waals surface area contributed by atoms with Crippen molar-refractivity contribution in [1.29, 1.82) is 0 Å².